The van der Waals surface area contributed by atoms with Crippen LogP contribution >= 0.6 is 0 Å². The fraction of sp³-hybridized carbons (Fsp3) is 0.429. The number of hydrogen-bond donors (Lipinski definition) is 0. The van der Waals surface area contributed by atoms with Crippen LogP contribution in [0.1, 0.15) is 49.3 Å². The predicted octanol–water partition coefficient (Wildman–Crippen LogP) is 4.16. The second-order valence-electron chi connectivity index (χ2n) is 4.17. The van der Waals surface area contributed by atoms with E-state index in [1.54, 1.807) is 0 Å². The first kappa shape index (κ1) is 9.51. The standard InChI is InChI=1S/C14H18/c1-3-11(2)13-10-6-8-12-7-4-5-9-14(12)13/h5-6,8-11H,3-4,7H2,1-2H3. The Hall–Kier alpha value is -1.04. The number of benzene rings is 1. The highest BCUT2D eigenvalue weighted by atomic mass is 14.2. The zero-order valence-corrected chi connectivity index (χ0v) is 9.09. The lowest BCUT2D eigenvalue weighted by atomic mass is 9.87. The molecular weight excluding hydrogens is 168 g/mol. The van der Waals surface area contributed by atoms with E-state index in [0.29, 0.717) is 5.92 Å². The van der Waals surface area contributed by atoms with Crippen LogP contribution in [-0.2, 0) is 6.42 Å². The van der Waals surface area contributed by atoms with E-state index in [4.69, 9.17) is 0 Å². The van der Waals surface area contributed by atoms with Gasteiger partial charge in [0.05, 0.1) is 0 Å². The summed E-state index contributed by atoms with van der Waals surface area (Å²) in [6, 6.07) is 6.76. The Balaban J connectivity index is 2.47. The van der Waals surface area contributed by atoms with Gasteiger partial charge < -0.3 is 0 Å². The maximum Gasteiger partial charge on any atom is -0.0187 e. The zero-order valence-electron chi connectivity index (χ0n) is 9.09. The van der Waals surface area contributed by atoms with E-state index in [-0.39, 0.29) is 0 Å². The summed E-state index contributed by atoms with van der Waals surface area (Å²) in [5, 5.41) is 0. The molecule has 2 rings (SSSR count). The molecule has 1 aliphatic rings. The van der Waals surface area contributed by atoms with Gasteiger partial charge in [-0.2, -0.15) is 0 Å². The van der Waals surface area contributed by atoms with Gasteiger partial charge in [-0.15, -0.1) is 0 Å². The lowest BCUT2D eigenvalue weighted by Crippen LogP contribution is -2.01. The van der Waals surface area contributed by atoms with E-state index in [9.17, 15) is 0 Å². The molecule has 0 fully saturated rings. The van der Waals surface area contributed by atoms with E-state index in [0.717, 1.165) is 0 Å². The second kappa shape index (κ2) is 4.00. The molecule has 0 saturated heterocycles. The molecule has 0 heteroatoms. The van der Waals surface area contributed by atoms with Crippen LogP contribution in [0.3, 0.4) is 0 Å². The van der Waals surface area contributed by atoms with Gasteiger partial charge >= 0.3 is 0 Å². The van der Waals surface area contributed by atoms with Crippen LogP contribution in [0.4, 0.5) is 0 Å². The van der Waals surface area contributed by atoms with E-state index < -0.39 is 0 Å². The van der Waals surface area contributed by atoms with E-state index in [1.807, 2.05) is 0 Å². The highest BCUT2D eigenvalue weighted by Gasteiger charge is 2.12. The number of aryl methyl sites for hydroxylation is 1. The Kier molecular flexibility index (Phi) is 2.72. The quantitative estimate of drug-likeness (QED) is 0.650. The number of hydrogen-bond acceptors (Lipinski definition) is 0. The number of allylic oxidation sites excluding steroid dienone is 1. The minimum Gasteiger partial charge on any atom is -0.0836 e. The molecule has 0 heterocycles. The van der Waals surface area contributed by atoms with Gasteiger partial charge in [0.2, 0.25) is 0 Å². The fourth-order valence-corrected chi connectivity index (χ4v) is 2.14. The summed E-state index contributed by atoms with van der Waals surface area (Å²) < 4.78 is 0. The normalized spacial score (nSPS) is 16.4. The molecule has 0 aromatic heterocycles. The van der Waals surface area contributed by atoms with Crippen molar-refractivity contribution in [2.45, 2.75) is 39.0 Å². The smallest absolute Gasteiger partial charge is 0.0187 e. The summed E-state index contributed by atoms with van der Waals surface area (Å²) in [4.78, 5) is 0. The minimum absolute atomic E-state index is 0.688. The topological polar surface area (TPSA) is 0 Å². The minimum atomic E-state index is 0.688. The van der Waals surface area contributed by atoms with Crippen LogP contribution in [-0.4, -0.2) is 0 Å². The molecule has 0 N–H and O–H groups in total. The van der Waals surface area contributed by atoms with Gasteiger partial charge in [0.25, 0.3) is 0 Å². The van der Waals surface area contributed by atoms with Gasteiger partial charge in [-0.3, -0.25) is 0 Å². The Bertz CT molecular complexity index is 347. The Morgan fingerprint density at radius 2 is 2.21 bits per heavy atom. The summed E-state index contributed by atoms with van der Waals surface area (Å²) in [5.41, 5.74) is 4.55. The van der Waals surface area contributed by atoms with Crippen molar-refractivity contribution < 1.29 is 0 Å². The second-order valence-corrected chi connectivity index (χ2v) is 4.17. The fourth-order valence-electron chi connectivity index (χ4n) is 2.14. The molecular formula is C14H18. The summed E-state index contributed by atoms with van der Waals surface area (Å²) in [5.74, 6) is 0.688. The van der Waals surface area contributed by atoms with Crippen molar-refractivity contribution in [1.82, 2.24) is 0 Å². The largest absolute Gasteiger partial charge is 0.0836 e. The average molecular weight is 186 g/mol. The summed E-state index contributed by atoms with van der Waals surface area (Å²) in [7, 11) is 0. The van der Waals surface area contributed by atoms with Crippen molar-refractivity contribution in [1.29, 1.82) is 0 Å². The van der Waals surface area contributed by atoms with Gasteiger partial charge in [0.15, 0.2) is 0 Å². The molecule has 1 atom stereocenters. The maximum atomic E-state index is 2.32. The predicted molar refractivity (Wildman–Crippen MR) is 62.5 cm³/mol. The summed E-state index contributed by atoms with van der Waals surface area (Å²) in [6.45, 7) is 4.58. The first-order chi connectivity index (χ1) is 6.83. The number of rotatable bonds is 2. The van der Waals surface area contributed by atoms with Crippen molar-refractivity contribution in [2.24, 2.45) is 0 Å². The van der Waals surface area contributed by atoms with Gasteiger partial charge in [0, 0.05) is 0 Å². The molecule has 1 aromatic carbocycles. The SMILES string of the molecule is CCC(C)c1cccc2c1C=CCC2. The molecule has 0 saturated carbocycles. The molecule has 74 valence electrons. The van der Waals surface area contributed by atoms with Gasteiger partial charge in [-0.25, -0.2) is 0 Å². The lowest BCUT2D eigenvalue weighted by molar-refractivity contribution is 0.729. The van der Waals surface area contributed by atoms with Crippen molar-refractivity contribution >= 4 is 6.08 Å². The van der Waals surface area contributed by atoms with Crippen LogP contribution in [0.2, 0.25) is 0 Å². The Morgan fingerprint density at radius 1 is 1.36 bits per heavy atom. The summed E-state index contributed by atoms with van der Waals surface area (Å²) >= 11 is 0. The molecule has 0 spiro atoms. The van der Waals surface area contributed by atoms with E-state index in [2.05, 4.69) is 44.2 Å². The third kappa shape index (κ3) is 1.61. The molecule has 14 heavy (non-hydrogen) atoms. The molecule has 0 amide bonds. The van der Waals surface area contributed by atoms with Gasteiger partial charge in [-0.05, 0) is 41.9 Å². The number of fused-ring (bicyclic) bond motifs is 1. The first-order valence-electron chi connectivity index (χ1n) is 5.61. The molecule has 1 unspecified atom stereocenters. The van der Waals surface area contributed by atoms with Crippen molar-refractivity contribution in [3.63, 3.8) is 0 Å². The monoisotopic (exact) mass is 186 g/mol. The van der Waals surface area contributed by atoms with Crippen LogP contribution in [0, 0.1) is 0 Å². The van der Waals surface area contributed by atoms with Crippen molar-refractivity contribution in [2.75, 3.05) is 0 Å². The van der Waals surface area contributed by atoms with Crippen molar-refractivity contribution in [3.05, 3.63) is 41.0 Å². The van der Waals surface area contributed by atoms with Crippen molar-refractivity contribution in [3.8, 4) is 0 Å². The Labute approximate surface area is 86.7 Å². The maximum absolute atomic E-state index is 2.32. The zero-order chi connectivity index (χ0) is 9.97. The lowest BCUT2D eigenvalue weighted by Gasteiger charge is -2.18. The van der Waals surface area contributed by atoms with Gasteiger partial charge in [0.1, 0.15) is 0 Å². The molecule has 0 bridgehead atoms. The molecule has 1 aromatic rings. The highest BCUT2D eigenvalue weighted by Crippen LogP contribution is 2.29. The summed E-state index contributed by atoms with van der Waals surface area (Å²) in [6.07, 6.45) is 8.26. The van der Waals surface area contributed by atoms with Crippen LogP contribution in [0.25, 0.3) is 6.08 Å². The molecule has 0 radical (unpaired) electrons. The average Bonchev–Trinajstić information content (AvgIpc) is 2.27. The van der Waals surface area contributed by atoms with E-state index in [1.165, 1.54) is 36.0 Å². The first-order valence-corrected chi connectivity index (χ1v) is 5.61. The van der Waals surface area contributed by atoms with E-state index >= 15 is 0 Å². The van der Waals surface area contributed by atoms with Crippen LogP contribution in [0.15, 0.2) is 24.3 Å². The van der Waals surface area contributed by atoms with Crippen LogP contribution < -0.4 is 0 Å². The third-order valence-electron chi connectivity index (χ3n) is 3.24. The molecule has 0 aliphatic heterocycles. The molecule has 1 aliphatic carbocycles. The highest BCUT2D eigenvalue weighted by molar-refractivity contribution is 5.61. The van der Waals surface area contributed by atoms with Gasteiger partial charge in [-0.1, -0.05) is 44.2 Å². The third-order valence-corrected chi connectivity index (χ3v) is 3.24. The molecule has 0 nitrogen and oxygen atoms in total. The van der Waals surface area contributed by atoms with Crippen LogP contribution in [0.5, 0.6) is 0 Å². The Morgan fingerprint density at radius 3 is 3.00 bits per heavy atom.